The fourth-order valence-corrected chi connectivity index (χ4v) is 1.61. The van der Waals surface area contributed by atoms with Gasteiger partial charge in [-0.3, -0.25) is 0 Å². The summed E-state index contributed by atoms with van der Waals surface area (Å²) in [5.41, 5.74) is 3.75. The Balaban J connectivity index is 2.28. The lowest BCUT2D eigenvalue weighted by atomic mass is 9.97. The minimum atomic E-state index is -0.877. The predicted molar refractivity (Wildman–Crippen MR) is 64.5 cm³/mol. The van der Waals surface area contributed by atoms with Crippen molar-refractivity contribution in [3.8, 4) is 0 Å². The van der Waals surface area contributed by atoms with Gasteiger partial charge in [-0.25, -0.2) is 4.79 Å². The fourth-order valence-electron chi connectivity index (χ4n) is 1.61. The maximum Gasteiger partial charge on any atom is 0.335 e. The van der Waals surface area contributed by atoms with Crippen LogP contribution in [0.25, 0.3) is 6.08 Å². The standard InChI is InChI=1S/C14H14O2/c1-10-5-7-13(14(15)16)9-12(10)8-6-11-3-2-4-11/h3,5-9H,2,4H2,1H3,(H,15,16)/b8-6+. The summed E-state index contributed by atoms with van der Waals surface area (Å²) in [5, 5.41) is 8.90. The van der Waals surface area contributed by atoms with Gasteiger partial charge in [-0.2, -0.15) is 0 Å². The van der Waals surface area contributed by atoms with Crippen molar-refractivity contribution in [2.24, 2.45) is 0 Å². The maximum atomic E-state index is 10.8. The molecule has 2 heteroatoms. The quantitative estimate of drug-likeness (QED) is 0.837. The monoisotopic (exact) mass is 214 g/mol. The van der Waals surface area contributed by atoms with Crippen LogP contribution in [0.2, 0.25) is 0 Å². The Labute approximate surface area is 94.9 Å². The summed E-state index contributed by atoms with van der Waals surface area (Å²) in [5.74, 6) is -0.877. The Morgan fingerprint density at radius 3 is 2.69 bits per heavy atom. The highest BCUT2D eigenvalue weighted by molar-refractivity contribution is 5.88. The summed E-state index contributed by atoms with van der Waals surface area (Å²) in [7, 11) is 0. The summed E-state index contributed by atoms with van der Waals surface area (Å²) >= 11 is 0. The van der Waals surface area contributed by atoms with E-state index in [0.717, 1.165) is 24.0 Å². The highest BCUT2D eigenvalue weighted by atomic mass is 16.4. The van der Waals surface area contributed by atoms with Crippen molar-refractivity contribution in [3.05, 3.63) is 52.6 Å². The number of carboxylic acid groups (broad SMARTS) is 1. The van der Waals surface area contributed by atoms with Crippen LogP contribution in [-0.2, 0) is 0 Å². The van der Waals surface area contributed by atoms with E-state index in [9.17, 15) is 4.79 Å². The van der Waals surface area contributed by atoms with E-state index in [1.54, 1.807) is 12.1 Å². The summed E-state index contributed by atoms with van der Waals surface area (Å²) in [6.45, 7) is 1.99. The van der Waals surface area contributed by atoms with Crippen molar-refractivity contribution < 1.29 is 9.90 Å². The molecule has 0 bridgehead atoms. The molecule has 0 saturated heterocycles. The Hall–Kier alpha value is -1.83. The minimum Gasteiger partial charge on any atom is -0.478 e. The van der Waals surface area contributed by atoms with Crippen LogP contribution >= 0.6 is 0 Å². The molecule has 1 N–H and O–H groups in total. The third-order valence-electron chi connectivity index (χ3n) is 2.84. The summed E-state index contributed by atoms with van der Waals surface area (Å²) < 4.78 is 0. The van der Waals surface area contributed by atoms with Gasteiger partial charge in [0.2, 0.25) is 0 Å². The smallest absolute Gasteiger partial charge is 0.335 e. The van der Waals surface area contributed by atoms with E-state index >= 15 is 0 Å². The van der Waals surface area contributed by atoms with Crippen molar-refractivity contribution >= 4 is 12.0 Å². The van der Waals surface area contributed by atoms with Crippen LogP contribution in [0.5, 0.6) is 0 Å². The molecule has 0 fully saturated rings. The molecule has 0 saturated carbocycles. The van der Waals surface area contributed by atoms with Gasteiger partial charge in [0, 0.05) is 0 Å². The summed E-state index contributed by atoms with van der Waals surface area (Å²) in [4.78, 5) is 10.8. The molecule has 0 atom stereocenters. The molecule has 1 aliphatic carbocycles. The molecule has 82 valence electrons. The first-order valence-electron chi connectivity index (χ1n) is 5.38. The number of aryl methyl sites for hydroxylation is 1. The number of hydrogen-bond acceptors (Lipinski definition) is 1. The topological polar surface area (TPSA) is 37.3 Å². The number of rotatable bonds is 3. The number of allylic oxidation sites excluding steroid dienone is 3. The molecule has 2 nitrogen and oxygen atoms in total. The van der Waals surface area contributed by atoms with E-state index in [-0.39, 0.29) is 0 Å². The third kappa shape index (κ3) is 2.22. The van der Waals surface area contributed by atoms with Gasteiger partial charge in [0.25, 0.3) is 0 Å². The molecular formula is C14H14O2. The molecule has 1 aromatic rings. The molecule has 1 aliphatic rings. The lowest BCUT2D eigenvalue weighted by molar-refractivity contribution is 0.0697. The van der Waals surface area contributed by atoms with Crippen LogP contribution < -0.4 is 0 Å². The van der Waals surface area contributed by atoms with E-state index in [4.69, 9.17) is 5.11 Å². The zero-order valence-electron chi connectivity index (χ0n) is 9.23. The largest absolute Gasteiger partial charge is 0.478 e. The molecule has 0 amide bonds. The van der Waals surface area contributed by atoms with Crippen LogP contribution in [-0.4, -0.2) is 11.1 Å². The molecule has 0 heterocycles. The van der Waals surface area contributed by atoms with Gasteiger partial charge in [-0.05, 0) is 43.0 Å². The average molecular weight is 214 g/mol. The fraction of sp³-hybridized carbons (Fsp3) is 0.214. The Morgan fingerprint density at radius 2 is 2.12 bits per heavy atom. The normalized spacial score (nSPS) is 14.7. The van der Waals surface area contributed by atoms with Crippen LogP contribution in [0, 0.1) is 6.92 Å². The second-order valence-corrected chi connectivity index (χ2v) is 4.03. The summed E-state index contributed by atoms with van der Waals surface area (Å²) in [6.07, 6.45) is 8.54. The predicted octanol–water partition coefficient (Wildman–Crippen LogP) is 3.43. The van der Waals surface area contributed by atoms with E-state index < -0.39 is 5.97 Å². The first-order chi connectivity index (χ1) is 7.66. The lowest BCUT2D eigenvalue weighted by Crippen LogP contribution is -1.97. The second kappa shape index (κ2) is 4.35. The SMILES string of the molecule is Cc1ccc(C(=O)O)cc1/C=C/C1=CCC1. The van der Waals surface area contributed by atoms with Gasteiger partial charge in [0.15, 0.2) is 0 Å². The Bertz CT molecular complexity index is 482. The zero-order valence-corrected chi connectivity index (χ0v) is 9.23. The molecule has 1 aromatic carbocycles. The molecule has 0 aliphatic heterocycles. The molecular weight excluding hydrogens is 200 g/mol. The Morgan fingerprint density at radius 1 is 1.38 bits per heavy atom. The van der Waals surface area contributed by atoms with Crippen LogP contribution in [0.1, 0.15) is 34.3 Å². The number of carboxylic acids is 1. The van der Waals surface area contributed by atoms with Crippen molar-refractivity contribution in [1.82, 2.24) is 0 Å². The number of carbonyl (C=O) groups is 1. The van der Waals surface area contributed by atoms with E-state index in [0.29, 0.717) is 5.56 Å². The van der Waals surface area contributed by atoms with Crippen LogP contribution in [0.4, 0.5) is 0 Å². The van der Waals surface area contributed by atoms with E-state index in [1.165, 1.54) is 5.57 Å². The van der Waals surface area contributed by atoms with Gasteiger partial charge in [-0.1, -0.05) is 29.9 Å². The number of benzene rings is 1. The third-order valence-corrected chi connectivity index (χ3v) is 2.84. The van der Waals surface area contributed by atoms with Gasteiger partial charge in [-0.15, -0.1) is 0 Å². The molecule has 0 radical (unpaired) electrons. The number of aromatic carboxylic acids is 1. The molecule has 16 heavy (non-hydrogen) atoms. The molecule has 0 unspecified atom stereocenters. The lowest BCUT2D eigenvalue weighted by Gasteiger charge is -2.09. The van der Waals surface area contributed by atoms with Crippen molar-refractivity contribution in [3.63, 3.8) is 0 Å². The van der Waals surface area contributed by atoms with E-state index in [2.05, 4.69) is 12.2 Å². The van der Waals surface area contributed by atoms with Crippen LogP contribution in [0.15, 0.2) is 35.9 Å². The Kier molecular flexibility index (Phi) is 2.91. The van der Waals surface area contributed by atoms with Gasteiger partial charge < -0.3 is 5.11 Å². The minimum absolute atomic E-state index is 0.341. The molecule has 0 aromatic heterocycles. The van der Waals surface area contributed by atoms with E-state index in [1.807, 2.05) is 19.1 Å². The number of hydrogen-bond donors (Lipinski definition) is 1. The maximum absolute atomic E-state index is 10.8. The van der Waals surface area contributed by atoms with Gasteiger partial charge in [0.05, 0.1) is 5.56 Å². The van der Waals surface area contributed by atoms with Crippen molar-refractivity contribution in [1.29, 1.82) is 0 Å². The highest BCUT2D eigenvalue weighted by Crippen LogP contribution is 2.21. The van der Waals surface area contributed by atoms with Crippen molar-refractivity contribution in [2.75, 3.05) is 0 Å². The average Bonchev–Trinajstić information content (AvgIpc) is 2.18. The van der Waals surface area contributed by atoms with Gasteiger partial charge >= 0.3 is 5.97 Å². The zero-order chi connectivity index (χ0) is 11.5. The first kappa shape index (κ1) is 10.7. The molecule has 2 rings (SSSR count). The van der Waals surface area contributed by atoms with Crippen LogP contribution in [0.3, 0.4) is 0 Å². The van der Waals surface area contributed by atoms with Crippen molar-refractivity contribution in [2.45, 2.75) is 19.8 Å². The molecule has 0 spiro atoms. The van der Waals surface area contributed by atoms with Gasteiger partial charge in [0.1, 0.15) is 0 Å². The second-order valence-electron chi connectivity index (χ2n) is 4.03. The highest BCUT2D eigenvalue weighted by Gasteiger charge is 2.05. The summed E-state index contributed by atoms with van der Waals surface area (Å²) in [6, 6.07) is 5.20. The first-order valence-corrected chi connectivity index (χ1v) is 5.38.